The summed E-state index contributed by atoms with van der Waals surface area (Å²) in [6, 6.07) is 0. The van der Waals surface area contributed by atoms with Gasteiger partial charge in [-0.25, -0.2) is 9.97 Å². The standard InChI is InChI=1S/C10H13N3O2/c1-4-5-13(2)9-8(6-14)10(15-3)12-7-11-9/h4,6-7H,1,5H2,2-3H3. The fraction of sp³-hybridized carbons (Fsp3) is 0.300. The molecule has 1 heterocycles. The van der Waals surface area contributed by atoms with Crippen LogP contribution in [0.25, 0.3) is 0 Å². The maximum Gasteiger partial charge on any atom is 0.229 e. The molecule has 0 atom stereocenters. The predicted molar refractivity (Wildman–Crippen MR) is 57.4 cm³/mol. The summed E-state index contributed by atoms with van der Waals surface area (Å²) in [5.41, 5.74) is 0.351. The molecule has 0 aliphatic heterocycles. The lowest BCUT2D eigenvalue weighted by Crippen LogP contribution is -2.20. The Morgan fingerprint density at radius 3 is 2.87 bits per heavy atom. The van der Waals surface area contributed by atoms with Gasteiger partial charge in [-0.2, -0.15) is 0 Å². The molecule has 0 aliphatic carbocycles. The van der Waals surface area contributed by atoms with Gasteiger partial charge >= 0.3 is 0 Å². The fourth-order valence-corrected chi connectivity index (χ4v) is 1.22. The number of aldehydes is 1. The van der Waals surface area contributed by atoms with Crippen LogP contribution in [-0.4, -0.2) is 37.0 Å². The molecule has 15 heavy (non-hydrogen) atoms. The number of likely N-dealkylation sites (N-methyl/N-ethyl adjacent to an activating group) is 1. The highest BCUT2D eigenvalue weighted by Crippen LogP contribution is 2.21. The van der Waals surface area contributed by atoms with E-state index >= 15 is 0 Å². The average Bonchev–Trinajstić information content (AvgIpc) is 2.28. The molecule has 0 saturated heterocycles. The van der Waals surface area contributed by atoms with E-state index < -0.39 is 0 Å². The second-order valence-corrected chi connectivity index (χ2v) is 2.91. The molecule has 0 aliphatic rings. The molecule has 0 radical (unpaired) electrons. The SMILES string of the molecule is C=CCN(C)c1ncnc(OC)c1C=O. The van der Waals surface area contributed by atoms with Crippen molar-refractivity contribution in [3.8, 4) is 5.88 Å². The first-order valence-corrected chi connectivity index (χ1v) is 4.40. The van der Waals surface area contributed by atoms with Gasteiger partial charge in [0.1, 0.15) is 17.7 Å². The Hall–Kier alpha value is -1.91. The van der Waals surface area contributed by atoms with Crippen LogP contribution in [-0.2, 0) is 0 Å². The first-order chi connectivity index (χ1) is 7.24. The molecule has 80 valence electrons. The number of rotatable bonds is 5. The summed E-state index contributed by atoms with van der Waals surface area (Å²) in [7, 11) is 3.28. The lowest BCUT2D eigenvalue weighted by molar-refractivity contribution is 0.112. The molecule has 0 amide bonds. The molecule has 0 unspecified atom stereocenters. The van der Waals surface area contributed by atoms with Crippen LogP contribution in [0.2, 0.25) is 0 Å². The number of ether oxygens (including phenoxy) is 1. The molecule has 0 fully saturated rings. The molecular weight excluding hydrogens is 194 g/mol. The quantitative estimate of drug-likeness (QED) is 0.531. The minimum atomic E-state index is 0.283. The van der Waals surface area contributed by atoms with Crippen LogP contribution in [0.15, 0.2) is 19.0 Å². The predicted octanol–water partition coefficient (Wildman–Crippen LogP) is 0.920. The molecule has 1 aromatic heterocycles. The Morgan fingerprint density at radius 2 is 2.33 bits per heavy atom. The van der Waals surface area contributed by atoms with Gasteiger partial charge in [0, 0.05) is 13.6 Å². The Labute approximate surface area is 88.4 Å². The molecule has 0 saturated carbocycles. The zero-order chi connectivity index (χ0) is 11.3. The number of carbonyl (C=O) groups excluding carboxylic acids is 1. The third-order valence-corrected chi connectivity index (χ3v) is 1.90. The number of hydrogen-bond acceptors (Lipinski definition) is 5. The minimum Gasteiger partial charge on any atom is -0.480 e. The second-order valence-electron chi connectivity index (χ2n) is 2.91. The number of methoxy groups -OCH3 is 1. The van der Waals surface area contributed by atoms with Gasteiger partial charge < -0.3 is 9.64 Å². The maximum atomic E-state index is 10.9. The van der Waals surface area contributed by atoms with Gasteiger partial charge in [-0.3, -0.25) is 4.79 Å². The molecule has 0 bridgehead atoms. The summed E-state index contributed by atoms with van der Waals surface area (Å²) in [6.45, 7) is 4.22. The van der Waals surface area contributed by atoms with Gasteiger partial charge in [0.25, 0.3) is 0 Å². The summed E-state index contributed by atoms with van der Waals surface area (Å²) in [5, 5.41) is 0. The zero-order valence-corrected chi connectivity index (χ0v) is 8.80. The van der Waals surface area contributed by atoms with Crippen LogP contribution >= 0.6 is 0 Å². The van der Waals surface area contributed by atoms with Crippen molar-refractivity contribution in [2.45, 2.75) is 0 Å². The van der Waals surface area contributed by atoms with Crippen molar-refractivity contribution in [2.75, 3.05) is 25.6 Å². The van der Waals surface area contributed by atoms with Crippen molar-refractivity contribution in [1.82, 2.24) is 9.97 Å². The van der Waals surface area contributed by atoms with Crippen LogP contribution in [0.1, 0.15) is 10.4 Å². The van der Waals surface area contributed by atoms with Crippen molar-refractivity contribution >= 4 is 12.1 Å². The van der Waals surface area contributed by atoms with E-state index in [1.807, 2.05) is 7.05 Å². The van der Waals surface area contributed by atoms with Gasteiger partial charge in [-0.1, -0.05) is 6.08 Å². The van der Waals surface area contributed by atoms with Gasteiger partial charge in [0.15, 0.2) is 6.29 Å². The Kier molecular flexibility index (Phi) is 3.79. The number of aromatic nitrogens is 2. The second kappa shape index (κ2) is 5.09. The normalized spacial score (nSPS) is 9.47. The van der Waals surface area contributed by atoms with Crippen LogP contribution < -0.4 is 9.64 Å². The van der Waals surface area contributed by atoms with E-state index in [2.05, 4.69) is 16.5 Å². The molecule has 0 aromatic carbocycles. The first kappa shape index (κ1) is 11.2. The van der Waals surface area contributed by atoms with Gasteiger partial charge in [-0.15, -0.1) is 6.58 Å². The largest absolute Gasteiger partial charge is 0.480 e. The number of hydrogen-bond donors (Lipinski definition) is 0. The van der Waals surface area contributed by atoms with E-state index in [4.69, 9.17) is 4.74 Å². The van der Waals surface area contributed by atoms with E-state index in [1.165, 1.54) is 13.4 Å². The first-order valence-electron chi connectivity index (χ1n) is 4.40. The van der Waals surface area contributed by atoms with Gasteiger partial charge in [0.05, 0.1) is 7.11 Å². The number of nitrogens with zero attached hydrogens (tertiary/aromatic N) is 3. The third kappa shape index (κ3) is 2.31. The lowest BCUT2D eigenvalue weighted by atomic mass is 10.3. The van der Waals surface area contributed by atoms with Crippen LogP contribution in [0.4, 0.5) is 5.82 Å². The summed E-state index contributed by atoms with van der Waals surface area (Å²) in [5.74, 6) is 0.822. The van der Waals surface area contributed by atoms with E-state index in [9.17, 15) is 4.79 Å². The Balaban J connectivity index is 3.16. The minimum absolute atomic E-state index is 0.283. The van der Waals surface area contributed by atoms with Gasteiger partial charge in [0.2, 0.25) is 5.88 Å². The van der Waals surface area contributed by atoms with E-state index in [0.717, 1.165) is 0 Å². The summed E-state index contributed by atoms with van der Waals surface area (Å²) < 4.78 is 4.97. The fourth-order valence-electron chi connectivity index (χ4n) is 1.22. The van der Waals surface area contributed by atoms with Crippen LogP contribution in [0.5, 0.6) is 5.88 Å². The Morgan fingerprint density at radius 1 is 1.60 bits per heavy atom. The molecule has 0 N–H and O–H groups in total. The highest BCUT2D eigenvalue weighted by Gasteiger charge is 2.13. The van der Waals surface area contributed by atoms with Crippen molar-refractivity contribution in [3.63, 3.8) is 0 Å². The highest BCUT2D eigenvalue weighted by molar-refractivity contribution is 5.85. The van der Waals surface area contributed by atoms with E-state index in [1.54, 1.807) is 11.0 Å². The van der Waals surface area contributed by atoms with Crippen molar-refractivity contribution in [3.05, 3.63) is 24.5 Å². The van der Waals surface area contributed by atoms with Crippen LogP contribution in [0.3, 0.4) is 0 Å². The molecule has 5 nitrogen and oxygen atoms in total. The average molecular weight is 207 g/mol. The van der Waals surface area contributed by atoms with Crippen LogP contribution in [0, 0.1) is 0 Å². The zero-order valence-electron chi connectivity index (χ0n) is 8.80. The van der Waals surface area contributed by atoms with E-state index in [-0.39, 0.29) is 5.88 Å². The Bertz CT molecular complexity index is 366. The summed E-state index contributed by atoms with van der Waals surface area (Å²) in [4.78, 5) is 20.6. The van der Waals surface area contributed by atoms with Crippen molar-refractivity contribution < 1.29 is 9.53 Å². The molecule has 1 aromatic rings. The van der Waals surface area contributed by atoms with Crippen molar-refractivity contribution in [2.24, 2.45) is 0 Å². The van der Waals surface area contributed by atoms with E-state index in [0.29, 0.717) is 24.2 Å². The third-order valence-electron chi connectivity index (χ3n) is 1.90. The smallest absolute Gasteiger partial charge is 0.229 e. The van der Waals surface area contributed by atoms with Gasteiger partial charge in [-0.05, 0) is 0 Å². The summed E-state index contributed by atoms with van der Waals surface area (Å²) in [6.07, 6.45) is 3.78. The topological polar surface area (TPSA) is 55.3 Å². The molecule has 5 heteroatoms. The maximum absolute atomic E-state index is 10.9. The number of anilines is 1. The molecular formula is C10H13N3O2. The molecule has 0 spiro atoms. The lowest BCUT2D eigenvalue weighted by Gasteiger charge is -2.17. The number of carbonyl (C=O) groups is 1. The summed E-state index contributed by atoms with van der Waals surface area (Å²) >= 11 is 0. The highest BCUT2D eigenvalue weighted by atomic mass is 16.5. The van der Waals surface area contributed by atoms with Crippen molar-refractivity contribution in [1.29, 1.82) is 0 Å². The monoisotopic (exact) mass is 207 g/mol. The molecule has 1 rings (SSSR count).